The van der Waals surface area contributed by atoms with Gasteiger partial charge in [-0.2, -0.15) is 0 Å². The van der Waals surface area contributed by atoms with E-state index in [1.807, 2.05) is 20.8 Å². The topological polar surface area (TPSA) is 55.4 Å². The SMILES string of the molecule is C[C@H](CCC(=O)NCCC[N+](C)(C)COC(=O)C(C)(C)C)[C@H]1CC[C@H]2[C@@H]3CCC4CCCC[C@]4(C)[C@H]3CC[C@]12C. The van der Waals surface area contributed by atoms with Crippen LogP contribution in [0.1, 0.15) is 125 Å². The van der Waals surface area contributed by atoms with Crippen LogP contribution >= 0.6 is 0 Å². The molecule has 1 amide bonds. The summed E-state index contributed by atoms with van der Waals surface area (Å²) < 4.78 is 6.12. The van der Waals surface area contributed by atoms with Gasteiger partial charge < -0.3 is 10.1 Å². The minimum atomic E-state index is -0.478. The summed E-state index contributed by atoms with van der Waals surface area (Å²) >= 11 is 0. The van der Waals surface area contributed by atoms with E-state index in [0.29, 0.717) is 40.9 Å². The number of rotatable bonds is 10. The summed E-state index contributed by atoms with van der Waals surface area (Å²) in [6.07, 6.45) is 17.1. The first-order valence-electron chi connectivity index (χ1n) is 16.9. The van der Waals surface area contributed by atoms with Crippen LogP contribution in [0.15, 0.2) is 0 Å². The molecule has 1 N–H and O–H groups in total. The van der Waals surface area contributed by atoms with Gasteiger partial charge in [-0.05, 0) is 125 Å². The van der Waals surface area contributed by atoms with E-state index in [2.05, 4.69) is 40.2 Å². The molecule has 5 nitrogen and oxygen atoms in total. The highest BCUT2D eigenvalue weighted by atomic mass is 16.5. The van der Waals surface area contributed by atoms with Crippen molar-refractivity contribution in [2.75, 3.05) is 33.9 Å². The van der Waals surface area contributed by atoms with Gasteiger partial charge in [0.15, 0.2) is 0 Å². The summed E-state index contributed by atoms with van der Waals surface area (Å²) in [5, 5.41) is 3.17. The summed E-state index contributed by atoms with van der Waals surface area (Å²) in [4.78, 5) is 24.8. The molecule has 4 aliphatic carbocycles. The van der Waals surface area contributed by atoms with E-state index in [0.717, 1.165) is 49.0 Å². The summed E-state index contributed by atoms with van der Waals surface area (Å²) in [5.41, 5.74) is 0.623. The number of amides is 1. The van der Waals surface area contributed by atoms with Gasteiger partial charge in [0.2, 0.25) is 12.6 Å². The Bertz CT molecular complexity index is 894. The number of fused-ring (bicyclic) bond motifs is 5. The number of hydrogen-bond donors (Lipinski definition) is 1. The Balaban J connectivity index is 1.19. The second-order valence-electron chi connectivity index (χ2n) is 16.8. The molecule has 8 atom stereocenters. The molecular weight excluding hydrogens is 496 g/mol. The third kappa shape index (κ3) is 6.76. The molecule has 4 fully saturated rings. The molecule has 0 aromatic rings. The zero-order valence-corrected chi connectivity index (χ0v) is 27.4. The molecule has 4 aliphatic rings. The standard InChI is InChI=1S/C35H62N2O3/c1-25(13-18-31(38)36-22-11-23-37(7,8)24-40-32(39)33(2,3)4)28-16-17-29-27-15-14-26-12-9-10-20-34(26,5)30(27)19-21-35(28,29)6/h25-30H,9-24H2,1-8H3/p+1/t25-,26?,27+,28-,29+,30+,34+,35-/m1/s1. The van der Waals surface area contributed by atoms with Gasteiger partial charge in [-0.25, -0.2) is 0 Å². The van der Waals surface area contributed by atoms with Gasteiger partial charge in [0.25, 0.3) is 0 Å². The Kier molecular flexibility index (Phi) is 9.75. The Labute approximate surface area is 246 Å². The molecule has 0 radical (unpaired) electrons. The summed E-state index contributed by atoms with van der Waals surface area (Å²) in [7, 11) is 4.15. The Morgan fingerprint density at radius 2 is 1.68 bits per heavy atom. The van der Waals surface area contributed by atoms with Gasteiger partial charge in [-0.3, -0.25) is 14.1 Å². The van der Waals surface area contributed by atoms with Gasteiger partial charge in [0.05, 0.1) is 26.1 Å². The van der Waals surface area contributed by atoms with Crippen LogP contribution < -0.4 is 5.32 Å². The van der Waals surface area contributed by atoms with Gasteiger partial charge in [0.1, 0.15) is 0 Å². The van der Waals surface area contributed by atoms with Crippen molar-refractivity contribution in [1.29, 1.82) is 0 Å². The van der Waals surface area contributed by atoms with Gasteiger partial charge in [-0.1, -0.05) is 33.6 Å². The molecule has 0 heterocycles. The molecule has 5 heteroatoms. The normalized spacial score (nSPS) is 36.6. The zero-order valence-electron chi connectivity index (χ0n) is 27.4. The molecule has 230 valence electrons. The molecule has 0 aromatic carbocycles. The number of nitrogens with zero attached hydrogens (tertiary/aromatic N) is 1. The second kappa shape index (κ2) is 12.3. The van der Waals surface area contributed by atoms with Crippen molar-refractivity contribution in [3.05, 3.63) is 0 Å². The van der Waals surface area contributed by atoms with E-state index in [1.165, 1.54) is 64.2 Å². The Morgan fingerprint density at radius 1 is 0.950 bits per heavy atom. The number of nitrogens with one attached hydrogen (secondary N) is 1. The quantitative estimate of drug-likeness (QED) is 0.130. The van der Waals surface area contributed by atoms with Crippen molar-refractivity contribution in [3.8, 4) is 0 Å². The van der Waals surface area contributed by atoms with Crippen molar-refractivity contribution in [2.45, 2.75) is 125 Å². The number of quaternary nitrogens is 1. The lowest BCUT2D eigenvalue weighted by molar-refractivity contribution is -0.907. The predicted octanol–water partition coefficient (Wildman–Crippen LogP) is 7.58. The fraction of sp³-hybridized carbons (Fsp3) is 0.943. The molecular formula is C35H63N2O3+. The van der Waals surface area contributed by atoms with Crippen molar-refractivity contribution < 1.29 is 18.8 Å². The van der Waals surface area contributed by atoms with Crippen molar-refractivity contribution in [2.24, 2.45) is 51.8 Å². The molecule has 0 bridgehead atoms. The van der Waals surface area contributed by atoms with Gasteiger partial charge in [0, 0.05) is 19.4 Å². The van der Waals surface area contributed by atoms with E-state index >= 15 is 0 Å². The Hall–Kier alpha value is -1.10. The maximum atomic E-state index is 12.7. The summed E-state index contributed by atoms with van der Waals surface area (Å²) in [5.74, 6) is 5.26. The maximum Gasteiger partial charge on any atom is 0.315 e. The first-order chi connectivity index (χ1) is 18.7. The third-order valence-electron chi connectivity index (χ3n) is 12.6. The lowest BCUT2D eigenvalue weighted by Gasteiger charge is -2.61. The fourth-order valence-electron chi connectivity index (χ4n) is 10.2. The molecule has 0 aliphatic heterocycles. The molecule has 0 saturated heterocycles. The summed E-state index contributed by atoms with van der Waals surface area (Å²) in [6, 6.07) is 0. The highest BCUT2D eigenvalue weighted by molar-refractivity contribution is 5.76. The number of carbonyl (C=O) groups is 2. The van der Waals surface area contributed by atoms with Crippen LogP contribution in [0.2, 0.25) is 0 Å². The molecule has 0 aromatic heterocycles. The first-order valence-corrected chi connectivity index (χ1v) is 16.9. The minimum absolute atomic E-state index is 0.164. The van der Waals surface area contributed by atoms with Gasteiger partial charge in [-0.15, -0.1) is 0 Å². The number of carbonyl (C=O) groups excluding carboxylic acids is 2. The predicted molar refractivity (Wildman–Crippen MR) is 163 cm³/mol. The second-order valence-corrected chi connectivity index (χ2v) is 16.8. The fourth-order valence-corrected chi connectivity index (χ4v) is 10.2. The molecule has 0 spiro atoms. The number of esters is 1. The lowest BCUT2D eigenvalue weighted by atomic mass is 9.44. The number of hydrogen-bond acceptors (Lipinski definition) is 3. The highest BCUT2D eigenvalue weighted by Crippen LogP contribution is 2.68. The van der Waals surface area contributed by atoms with E-state index in [4.69, 9.17) is 4.74 Å². The molecule has 40 heavy (non-hydrogen) atoms. The van der Waals surface area contributed by atoms with E-state index in [-0.39, 0.29) is 11.9 Å². The van der Waals surface area contributed by atoms with Crippen LogP contribution in [0.3, 0.4) is 0 Å². The average Bonchev–Trinajstić information content (AvgIpc) is 3.25. The van der Waals surface area contributed by atoms with E-state index < -0.39 is 5.41 Å². The average molecular weight is 560 g/mol. The molecule has 1 unspecified atom stereocenters. The molecule has 4 rings (SSSR count). The van der Waals surface area contributed by atoms with Crippen LogP contribution in [0.5, 0.6) is 0 Å². The van der Waals surface area contributed by atoms with E-state index in [9.17, 15) is 9.59 Å². The van der Waals surface area contributed by atoms with E-state index in [1.54, 1.807) is 0 Å². The highest BCUT2D eigenvalue weighted by Gasteiger charge is 2.60. The minimum Gasteiger partial charge on any atom is -0.415 e. The third-order valence-corrected chi connectivity index (χ3v) is 12.6. The zero-order chi connectivity index (χ0) is 29.3. The van der Waals surface area contributed by atoms with Crippen molar-refractivity contribution in [3.63, 3.8) is 0 Å². The smallest absolute Gasteiger partial charge is 0.315 e. The van der Waals surface area contributed by atoms with Gasteiger partial charge >= 0.3 is 5.97 Å². The van der Waals surface area contributed by atoms with Crippen LogP contribution in [0.25, 0.3) is 0 Å². The summed E-state index contributed by atoms with van der Waals surface area (Å²) in [6.45, 7) is 15.3. The largest absolute Gasteiger partial charge is 0.415 e. The molecule has 4 saturated carbocycles. The van der Waals surface area contributed by atoms with Crippen LogP contribution in [-0.2, 0) is 14.3 Å². The van der Waals surface area contributed by atoms with Crippen LogP contribution in [0.4, 0.5) is 0 Å². The number of ether oxygens (including phenoxy) is 1. The Morgan fingerprint density at radius 3 is 2.40 bits per heavy atom. The lowest BCUT2D eigenvalue weighted by Crippen LogP contribution is -2.53. The van der Waals surface area contributed by atoms with Crippen molar-refractivity contribution >= 4 is 11.9 Å². The maximum absolute atomic E-state index is 12.7. The van der Waals surface area contributed by atoms with Crippen LogP contribution in [0, 0.1) is 51.8 Å². The van der Waals surface area contributed by atoms with Crippen LogP contribution in [-0.4, -0.2) is 50.3 Å². The monoisotopic (exact) mass is 559 g/mol. The first kappa shape index (κ1) is 31.8. The van der Waals surface area contributed by atoms with Crippen molar-refractivity contribution in [1.82, 2.24) is 5.32 Å².